The van der Waals surface area contributed by atoms with Crippen LogP contribution in [0.15, 0.2) is 48.5 Å². The van der Waals surface area contributed by atoms with Gasteiger partial charge in [-0.15, -0.1) is 0 Å². The summed E-state index contributed by atoms with van der Waals surface area (Å²) in [5.41, 5.74) is 1.69. The van der Waals surface area contributed by atoms with Gasteiger partial charge in [0.25, 0.3) is 0 Å². The van der Waals surface area contributed by atoms with E-state index in [-0.39, 0.29) is 17.1 Å². The van der Waals surface area contributed by atoms with Crippen LogP contribution in [0.25, 0.3) is 0 Å². The molecule has 0 aromatic heterocycles. The van der Waals surface area contributed by atoms with Crippen LogP contribution in [0.5, 0.6) is 0 Å². The molecule has 0 aliphatic carbocycles. The molecule has 2 rings (SSSR count). The van der Waals surface area contributed by atoms with Crippen LogP contribution in [0, 0.1) is 6.92 Å². The first-order chi connectivity index (χ1) is 11.5. The second kappa shape index (κ2) is 7.14. The molecule has 0 fully saturated rings. The van der Waals surface area contributed by atoms with Crippen molar-refractivity contribution in [2.24, 2.45) is 0 Å². The van der Waals surface area contributed by atoms with Crippen LogP contribution in [0.2, 0.25) is 0 Å². The van der Waals surface area contributed by atoms with Crippen LogP contribution >= 0.6 is 0 Å². The van der Waals surface area contributed by atoms with Crippen molar-refractivity contribution < 1.29 is 26.4 Å². The number of carbonyl (C=O) groups excluding carboxylic acids is 1. The first-order valence-electron chi connectivity index (χ1n) is 7.09. The summed E-state index contributed by atoms with van der Waals surface area (Å²) in [6.45, 7) is 1.88. The molecule has 0 heterocycles. The van der Waals surface area contributed by atoms with Gasteiger partial charge >= 0.3 is 12.1 Å². The van der Waals surface area contributed by atoms with Gasteiger partial charge in [0.1, 0.15) is 0 Å². The second-order valence-electron chi connectivity index (χ2n) is 5.38. The van der Waals surface area contributed by atoms with Crippen LogP contribution < -0.4 is 10.0 Å². The van der Waals surface area contributed by atoms with Crippen LogP contribution in [0.1, 0.15) is 11.1 Å². The summed E-state index contributed by atoms with van der Waals surface area (Å²) in [6, 6.07) is 11.9. The molecule has 0 spiro atoms. The number of benzene rings is 2. The molecule has 0 saturated carbocycles. The van der Waals surface area contributed by atoms with Gasteiger partial charge in [0, 0.05) is 11.4 Å². The highest BCUT2D eigenvalue weighted by Gasteiger charge is 2.38. The molecule has 2 aromatic carbocycles. The third-order valence-electron chi connectivity index (χ3n) is 3.15. The molecular weight excluding hydrogens is 357 g/mol. The van der Waals surface area contributed by atoms with E-state index in [1.54, 1.807) is 29.6 Å². The number of alkyl halides is 3. The number of sulfonamides is 1. The minimum atomic E-state index is -4.99. The number of carbonyl (C=O) groups is 1. The molecule has 5 nitrogen and oxygen atoms in total. The Hall–Kier alpha value is -2.55. The number of hydrogen-bond acceptors (Lipinski definition) is 3. The quantitative estimate of drug-likeness (QED) is 0.844. The number of anilines is 2. The second-order valence-corrected chi connectivity index (χ2v) is 7.10. The Morgan fingerprint density at radius 3 is 2.00 bits per heavy atom. The predicted octanol–water partition coefficient (Wildman–Crippen LogP) is 3.44. The zero-order valence-electron chi connectivity index (χ0n) is 13.1. The van der Waals surface area contributed by atoms with Gasteiger partial charge in [-0.1, -0.05) is 29.8 Å². The van der Waals surface area contributed by atoms with Crippen LogP contribution in [-0.2, 0) is 20.6 Å². The molecule has 0 atom stereocenters. The van der Waals surface area contributed by atoms with Gasteiger partial charge in [0.2, 0.25) is 10.0 Å². The van der Waals surface area contributed by atoms with E-state index in [1.165, 1.54) is 24.3 Å². The molecule has 0 aliphatic rings. The Bertz CT molecular complexity index is 846. The number of hydrogen-bond donors (Lipinski definition) is 2. The fourth-order valence-electron chi connectivity index (χ4n) is 1.94. The van der Waals surface area contributed by atoms with Gasteiger partial charge < -0.3 is 5.32 Å². The van der Waals surface area contributed by atoms with Gasteiger partial charge in [0.15, 0.2) is 0 Å². The van der Waals surface area contributed by atoms with Gasteiger partial charge in [-0.05, 0) is 36.8 Å². The third kappa shape index (κ3) is 5.79. The SMILES string of the molecule is Cc1ccc(CS(=O)(=O)Nc2ccc(NC(=O)C(F)(F)F)cc2)cc1. The maximum Gasteiger partial charge on any atom is 0.471 e. The lowest BCUT2D eigenvalue weighted by molar-refractivity contribution is -0.167. The smallest absolute Gasteiger partial charge is 0.318 e. The van der Waals surface area contributed by atoms with Gasteiger partial charge in [-0.3, -0.25) is 9.52 Å². The Labute approximate surface area is 142 Å². The van der Waals surface area contributed by atoms with Crippen molar-refractivity contribution in [3.05, 3.63) is 59.7 Å². The Morgan fingerprint density at radius 2 is 1.48 bits per heavy atom. The van der Waals surface area contributed by atoms with E-state index >= 15 is 0 Å². The highest BCUT2D eigenvalue weighted by Crippen LogP contribution is 2.20. The largest absolute Gasteiger partial charge is 0.471 e. The van der Waals surface area contributed by atoms with E-state index in [2.05, 4.69) is 4.72 Å². The van der Waals surface area contributed by atoms with Crippen molar-refractivity contribution in [2.45, 2.75) is 18.9 Å². The summed E-state index contributed by atoms with van der Waals surface area (Å²) in [5.74, 6) is -2.33. The monoisotopic (exact) mass is 372 g/mol. The molecule has 0 radical (unpaired) electrons. The van der Waals surface area contributed by atoms with Crippen LogP contribution in [0.3, 0.4) is 0 Å². The van der Waals surface area contributed by atoms with E-state index < -0.39 is 22.1 Å². The van der Waals surface area contributed by atoms with Gasteiger partial charge in [0.05, 0.1) is 5.75 Å². The lowest BCUT2D eigenvalue weighted by atomic mass is 10.2. The molecule has 9 heteroatoms. The standard InChI is InChI=1S/C16H15F3N2O3S/c1-11-2-4-12(5-3-11)10-25(23,24)21-14-8-6-13(7-9-14)20-15(22)16(17,18)19/h2-9,21H,10H2,1H3,(H,20,22). The summed E-state index contributed by atoms with van der Waals surface area (Å²) in [6.07, 6.45) is -4.99. The van der Waals surface area contributed by atoms with Gasteiger partial charge in [-0.25, -0.2) is 8.42 Å². The Morgan fingerprint density at radius 1 is 0.960 bits per heavy atom. The summed E-state index contributed by atoms with van der Waals surface area (Å²) in [5, 5.41) is 1.68. The maximum atomic E-state index is 12.2. The molecule has 25 heavy (non-hydrogen) atoms. The minimum absolute atomic E-state index is 0.0937. The molecule has 1 amide bonds. The number of nitrogens with one attached hydrogen (secondary N) is 2. The molecule has 0 bridgehead atoms. The van der Waals surface area contributed by atoms with Crippen molar-refractivity contribution in [3.63, 3.8) is 0 Å². The van der Waals surface area contributed by atoms with E-state index in [0.717, 1.165) is 5.56 Å². The van der Waals surface area contributed by atoms with E-state index in [0.29, 0.717) is 5.56 Å². The summed E-state index contributed by atoms with van der Waals surface area (Å²) in [4.78, 5) is 10.8. The summed E-state index contributed by atoms with van der Waals surface area (Å²) >= 11 is 0. The Balaban J connectivity index is 2.02. The zero-order chi connectivity index (χ0) is 18.7. The lowest BCUT2D eigenvalue weighted by Crippen LogP contribution is -2.29. The van der Waals surface area contributed by atoms with Crippen molar-refractivity contribution in [1.82, 2.24) is 0 Å². The zero-order valence-corrected chi connectivity index (χ0v) is 13.9. The minimum Gasteiger partial charge on any atom is -0.318 e. The molecular formula is C16H15F3N2O3S. The highest BCUT2D eigenvalue weighted by atomic mass is 32.2. The summed E-state index contributed by atoms with van der Waals surface area (Å²) in [7, 11) is -3.68. The van der Waals surface area contributed by atoms with Crippen molar-refractivity contribution in [3.8, 4) is 0 Å². The van der Waals surface area contributed by atoms with E-state index in [4.69, 9.17) is 0 Å². The highest BCUT2D eigenvalue weighted by molar-refractivity contribution is 7.91. The molecule has 2 N–H and O–H groups in total. The van der Waals surface area contributed by atoms with E-state index in [1.807, 2.05) is 6.92 Å². The first kappa shape index (κ1) is 18.8. The van der Waals surface area contributed by atoms with Crippen molar-refractivity contribution in [2.75, 3.05) is 10.0 Å². The average Bonchev–Trinajstić information content (AvgIpc) is 2.50. The summed E-state index contributed by atoms with van der Waals surface area (Å²) < 4.78 is 63.1. The first-order valence-corrected chi connectivity index (χ1v) is 8.75. The number of aryl methyl sites for hydroxylation is 1. The molecule has 2 aromatic rings. The lowest BCUT2D eigenvalue weighted by Gasteiger charge is -2.10. The van der Waals surface area contributed by atoms with Gasteiger partial charge in [-0.2, -0.15) is 13.2 Å². The normalized spacial score (nSPS) is 11.8. The average molecular weight is 372 g/mol. The topological polar surface area (TPSA) is 75.3 Å². The number of rotatable bonds is 5. The number of amides is 1. The van der Waals surface area contributed by atoms with Crippen molar-refractivity contribution >= 4 is 27.3 Å². The fourth-order valence-corrected chi connectivity index (χ4v) is 3.14. The molecule has 0 unspecified atom stereocenters. The van der Waals surface area contributed by atoms with E-state index in [9.17, 15) is 26.4 Å². The third-order valence-corrected chi connectivity index (χ3v) is 4.41. The van der Waals surface area contributed by atoms with Crippen LogP contribution in [0.4, 0.5) is 24.5 Å². The fraction of sp³-hybridized carbons (Fsp3) is 0.188. The number of halogens is 3. The van der Waals surface area contributed by atoms with Crippen LogP contribution in [-0.4, -0.2) is 20.5 Å². The molecule has 0 saturated heterocycles. The predicted molar refractivity (Wildman–Crippen MR) is 88.6 cm³/mol. The maximum absolute atomic E-state index is 12.2. The molecule has 0 aliphatic heterocycles. The Kier molecular flexibility index (Phi) is 5.36. The molecule has 134 valence electrons. The van der Waals surface area contributed by atoms with Crippen molar-refractivity contribution in [1.29, 1.82) is 0 Å².